The third-order valence-electron chi connectivity index (χ3n) is 12.3. The van der Waals surface area contributed by atoms with Crippen molar-refractivity contribution in [1.29, 1.82) is 0 Å². The molecule has 1 aliphatic heterocycles. The zero-order chi connectivity index (χ0) is 43.6. The highest BCUT2D eigenvalue weighted by Gasteiger charge is 2.29. The number of hydrogen-bond donors (Lipinski definition) is 0. The standard InChI is InChI=1S/C57H39N9/c1-4-19-40(20-5-1)64-52-34-13-10-31-49(52)58-55(64)61-43-25-16-27-45(37-43)62(56-59-50-32-11-14-35-53(50)65(56)41-21-6-2-7-22-41)47-29-18-30-48(39-47)63(46-28-17-26-44(61)38-46)57-60-51-33-12-15-36-54(51)66(57)42-23-8-3-9-24-42/h1-39H. The monoisotopic (exact) mass is 849 g/mol. The molecule has 0 N–H and O–H groups in total. The smallest absolute Gasteiger partial charge is 0.220 e. The van der Waals surface area contributed by atoms with Crippen molar-refractivity contribution in [3.63, 3.8) is 0 Å². The number of anilines is 9. The van der Waals surface area contributed by atoms with Gasteiger partial charge in [-0.05, 0) is 127 Å². The van der Waals surface area contributed by atoms with Crippen molar-refractivity contribution >= 4 is 85.1 Å². The Morgan fingerprint density at radius 3 is 0.712 bits per heavy atom. The lowest BCUT2D eigenvalue weighted by Gasteiger charge is -2.32. The minimum absolute atomic E-state index is 0.749. The van der Waals surface area contributed by atoms with E-state index in [9.17, 15) is 0 Å². The molecule has 0 aliphatic carbocycles. The molecule has 0 radical (unpaired) electrons. The van der Waals surface area contributed by atoms with Crippen LogP contribution in [0.15, 0.2) is 237 Å². The highest BCUT2D eigenvalue weighted by molar-refractivity contribution is 5.93. The lowest BCUT2D eigenvalue weighted by molar-refractivity contribution is 1.02. The lowest BCUT2D eigenvalue weighted by atomic mass is 10.1. The molecular weight excluding hydrogens is 811 g/mol. The van der Waals surface area contributed by atoms with Gasteiger partial charge in [-0.1, -0.05) is 109 Å². The van der Waals surface area contributed by atoms with E-state index in [0.29, 0.717) is 0 Å². The molecule has 1 aliphatic rings. The first kappa shape index (κ1) is 37.4. The van der Waals surface area contributed by atoms with Gasteiger partial charge < -0.3 is 0 Å². The summed E-state index contributed by atoms with van der Waals surface area (Å²) >= 11 is 0. The zero-order valence-corrected chi connectivity index (χ0v) is 35.5. The van der Waals surface area contributed by atoms with Gasteiger partial charge in [-0.25, -0.2) is 15.0 Å². The van der Waals surface area contributed by atoms with Crippen molar-refractivity contribution in [2.75, 3.05) is 14.7 Å². The van der Waals surface area contributed by atoms with E-state index >= 15 is 0 Å². The normalized spacial score (nSPS) is 12.5. The van der Waals surface area contributed by atoms with E-state index in [1.54, 1.807) is 0 Å². The van der Waals surface area contributed by atoms with Crippen LogP contribution in [0.5, 0.6) is 0 Å². The number of fused-ring (bicyclic) bond motifs is 9. The van der Waals surface area contributed by atoms with Gasteiger partial charge in [0.2, 0.25) is 17.8 Å². The Hall–Kier alpha value is -9.21. The van der Waals surface area contributed by atoms with Gasteiger partial charge in [0, 0.05) is 17.1 Å². The van der Waals surface area contributed by atoms with Crippen molar-refractivity contribution in [2.24, 2.45) is 0 Å². The van der Waals surface area contributed by atoms with E-state index in [1.807, 2.05) is 18.2 Å². The average molecular weight is 850 g/mol. The summed E-state index contributed by atoms with van der Waals surface area (Å²) in [7, 11) is 0. The second kappa shape index (κ2) is 15.3. The van der Waals surface area contributed by atoms with Crippen molar-refractivity contribution in [2.45, 2.75) is 0 Å². The molecule has 9 aromatic carbocycles. The van der Waals surface area contributed by atoms with Crippen LogP contribution >= 0.6 is 0 Å². The van der Waals surface area contributed by atoms with Gasteiger partial charge in [0.25, 0.3) is 0 Å². The van der Waals surface area contributed by atoms with Crippen LogP contribution in [0.3, 0.4) is 0 Å². The largest absolute Gasteiger partial charge is 0.280 e. The van der Waals surface area contributed by atoms with E-state index in [4.69, 9.17) is 15.0 Å². The molecule has 0 unspecified atom stereocenters. The van der Waals surface area contributed by atoms with E-state index in [0.717, 1.165) is 102 Å². The molecule has 12 aromatic rings. The summed E-state index contributed by atoms with van der Waals surface area (Å²) in [6, 6.07) is 82.6. The predicted octanol–water partition coefficient (Wildman–Crippen LogP) is 14.4. The van der Waals surface area contributed by atoms with Crippen LogP contribution in [0.25, 0.3) is 50.2 Å². The Labute approximate surface area is 380 Å². The van der Waals surface area contributed by atoms with E-state index < -0.39 is 0 Å². The summed E-state index contributed by atoms with van der Waals surface area (Å²) in [4.78, 5) is 23.2. The van der Waals surface area contributed by atoms with Crippen LogP contribution in [-0.2, 0) is 0 Å². The van der Waals surface area contributed by atoms with Crippen LogP contribution in [0.4, 0.5) is 52.0 Å². The molecule has 0 saturated carbocycles. The molecule has 3 aromatic heterocycles. The second-order valence-corrected chi connectivity index (χ2v) is 16.3. The fourth-order valence-electron chi connectivity index (χ4n) is 9.44. The number of rotatable bonds is 6. The van der Waals surface area contributed by atoms with Crippen LogP contribution < -0.4 is 14.7 Å². The molecule has 9 heteroatoms. The summed E-state index contributed by atoms with van der Waals surface area (Å²) in [6.07, 6.45) is 0. The summed E-state index contributed by atoms with van der Waals surface area (Å²) in [5.74, 6) is 2.25. The van der Waals surface area contributed by atoms with Gasteiger partial charge in [0.15, 0.2) is 0 Å². The van der Waals surface area contributed by atoms with Crippen LogP contribution in [0.2, 0.25) is 0 Å². The van der Waals surface area contributed by atoms with Gasteiger partial charge in [-0.3, -0.25) is 28.4 Å². The first-order valence-electron chi connectivity index (χ1n) is 22.0. The lowest BCUT2D eigenvalue weighted by Crippen LogP contribution is -2.20. The topological polar surface area (TPSA) is 63.2 Å². The van der Waals surface area contributed by atoms with E-state index in [2.05, 4.69) is 247 Å². The Bertz CT molecular complexity index is 3290. The summed E-state index contributed by atoms with van der Waals surface area (Å²) in [5, 5.41) is 0. The molecule has 312 valence electrons. The molecule has 66 heavy (non-hydrogen) atoms. The first-order valence-corrected chi connectivity index (χ1v) is 22.0. The quantitative estimate of drug-likeness (QED) is 0.166. The van der Waals surface area contributed by atoms with Crippen LogP contribution in [0, 0.1) is 0 Å². The van der Waals surface area contributed by atoms with Crippen LogP contribution in [-0.4, -0.2) is 28.7 Å². The van der Waals surface area contributed by atoms with Crippen molar-refractivity contribution in [1.82, 2.24) is 28.7 Å². The predicted molar refractivity (Wildman–Crippen MR) is 268 cm³/mol. The van der Waals surface area contributed by atoms with Gasteiger partial charge in [0.1, 0.15) is 0 Å². The summed E-state index contributed by atoms with van der Waals surface area (Å²) in [5.41, 5.74) is 14.2. The number of benzene rings is 9. The third-order valence-corrected chi connectivity index (χ3v) is 12.3. The summed E-state index contributed by atoms with van der Waals surface area (Å²) < 4.78 is 6.76. The van der Waals surface area contributed by atoms with Gasteiger partial charge >= 0.3 is 0 Å². The molecule has 4 heterocycles. The average Bonchev–Trinajstić information content (AvgIpc) is 4.07. The molecule has 13 rings (SSSR count). The fraction of sp³-hybridized carbons (Fsp3) is 0. The molecule has 0 saturated heterocycles. The van der Waals surface area contributed by atoms with E-state index in [-0.39, 0.29) is 0 Å². The first-order chi connectivity index (χ1) is 32.7. The molecule has 9 nitrogen and oxygen atoms in total. The molecule has 0 amide bonds. The van der Waals surface area contributed by atoms with Crippen LogP contribution in [0.1, 0.15) is 0 Å². The molecule has 0 spiro atoms. The van der Waals surface area contributed by atoms with Gasteiger partial charge in [-0.2, -0.15) is 0 Å². The maximum absolute atomic E-state index is 5.46. The molecule has 0 atom stereocenters. The number of imidazole rings is 3. The number of hydrogen-bond acceptors (Lipinski definition) is 6. The maximum Gasteiger partial charge on any atom is 0.220 e. The van der Waals surface area contributed by atoms with Gasteiger partial charge in [0.05, 0.1) is 67.2 Å². The molecule has 0 fully saturated rings. The highest BCUT2D eigenvalue weighted by atomic mass is 15.4. The fourth-order valence-corrected chi connectivity index (χ4v) is 9.44. The SMILES string of the molecule is c1ccc(-n2c(N3c4cccc(c4)N(c4nc5ccccc5n4-c4ccccc4)c4cccc(c4)N(c4nc5ccccc5n4-c4ccccc4)c4cccc3c4)nc3ccccc32)cc1. The Kier molecular flexibility index (Phi) is 8.63. The minimum atomic E-state index is 0.749. The second-order valence-electron chi connectivity index (χ2n) is 16.3. The zero-order valence-electron chi connectivity index (χ0n) is 35.5. The highest BCUT2D eigenvalue weighted by Crippen LogP contribution is 2.47. The molecular formula is C57H39N9. The number of nitrogens with zero attached hydrogens (tertiary/aromatic N) is 9. The minimum Gasteiger partial charge on any atom is -0.280 e. The van der Waals surface area contributed by atoms with Crippen molar-refractivity contribution < 1.29 is 0 Å². The van der Waals surface area contributed by atoms with Crippen molar-refractivity contribution in [3.05, 3.63) is 237 Å². The third kappa shape index (κ3) is 6.06. The summed E-state index contributed by atoms with van der Waals surface area (Å²) in [6.45, 7) is 0. The van der Waals surface area contributed by atoms with Gasteiger partial charge in [-0.15, -0.1) is 0 Å². The Balaban J connectivity index is 1.15. The van der Waals surface area contributed by atoms with E-state index in [1.165, 1.54) is 0 Å². The Morgan fingerprint density at radius 2 is 0.439 bits per heavy atom. The number of para-hydroxylation sites is 9. The maximum atomic E-state index is 5.46. The van der Waals surface area contributed by atoms with Crippen molar-refractivity contribution in [3.8, 4) is 17.1 Å². The number of aromatic nitrogens is 6. The Morgan fingerprint density at radius 1 is 0.212 bits per heavy atom. The molecule has 6 bridgehead atoms.